The molecule has 0 aliphatic rings. The Morgan fingerprint density at radius 2 is 2.00 bits per heavy atom. The van der Waals surface area contributed by atoms with Gasteiger partial charge in [0.15, 0.2) is 0 Å². The molecule has 0 aliphatic carbocycles. The molecule has 0 spiro atoms. The Balaban J connectivity index is 3.67. The van der Waals surface area contributed by atoms with E-state index in [9.17, 15) is 4.79 Å². The molecule has 0 saturated carbocycles. The maximum absolute atomic E-state index is 11.4. The normalized spacial score (nSPS) is 14.1. The van der Waals surface area contributed by atoms with Crippen LogP contribution in [-0.2, 0) is 4.79 Å². The van der Waals surface area contributed by atoms with Crippen molar-refractivity contribution in [2.45, 2.75) is 45.2 Å². The molecule has 0 fully saturated rings. The molecule has 4 heteroatoms. The van der Waals surface area contributed by atoms with E-state index in [4.69, 9.17) is 5.73 Å². The summed E-state index contributed by atoms with van der Waals surface area (Å²) < 4.78 is 0. The van der Waals surface area contributed by atoms with Crippen LogP contribution in [0.3, 0.4) is 0 Å². The van der Waals surface area contributed by atoms with Crippen LogP contribution < -0.4 is 11.1 Å². The summed E-state index contributed by atoms with van der Waals surface area (Å²) in [6.45, 7) is 6.63. The molecule has 4 nitrogen and oxygen atoms in total. The summed E-state index contributed by atoms with van der Waals surface area (Å²) in [6.07, 6.45) is 1.22. The third kappa shape index (κ3) is 8.39. The lowest BCUT2D eigenvalue weighted by Crippen LogP contribution is -2.39. The second kappa shape index (κ2) is 6.08. The van der Waals surface area contributed by atoms with E-state index in [1.807, 2.05) is 27.9 Å². The molecule has 90 valence electrons. The fourth-order valence-corrected chi connectivity index (χ4v) is 0.968. The lowest BCUT2D eigenvalue weighted by molar-refractivity contribution is -0.121. The van der Waals surface area contributed by atoms with Gasteiger partial charge in [-0.15, -0.1) is 0 Å². The SMILES string of the molecule is CC(CNC(=O)CCC(C)(C)N)N(C)C. The largest absolute Gasteiger partial charge is 0.355 e. The molecule has 0 saturated heterocycles. The van der Waals surface area contributed by atoms with E-state index in [2.05, 4.69) is 17.1 Å². The lowest BCUT2D eigenvalue weighted by Gasteiger charge is -2.21. The summed E-state index contributed by atoms with van der Waals surface area (Å²) in [5.74, 6) is 0.0854. The number of carbonyl (C=O) groups is 1. The van der Waals surface area contributed by atoms with Crippen LogP contribution in [0.25, 0.3) is 0 Å². The van der Waals surface area contributed by atoms with E-state index in [0.717, 1.165) is 6.42 Å². The highest BCUT2D eigenvalue weighted by molar-refractivity contribution is 5.75. The zero-order valence-electron chi connectivity index (χ0n) is 10.6. The Hall–Kier alpha value is -0.610. The molecule has 0 bridgehead atoms. The van der Waals surface area contributed by atoms with E-state index >= 15 is 0 Å². The monoisotopic (exact) mass is 215 g/mol. The Labute approximate surface area is 93.2 Å². The molecule has 0 aliphatic heterocycles. The van der Waals surface area contributed by atoms with Crippen molar-refractivity contribution in [3.8, 4) is 0 Å². The summed E-state index contributed by atoms with van der Waals surface area (Å²) in [7, 11) is 4.00. The molecule has 0 aromatic carbocycles. The van der Waals surface area contributed by atoms with Crippen LogP contribution in [0.4, 0.5) is 0 Å². The zero-order valence-corrected chi connectivity index (χ0v) is 10.6. The highest BCUT2D eigenvalue weighted by Gasteiger charge is 2.13. The van der Waals surface area contributed by atoms with Crippen LogP contribution in [0.5, 0.6) is 0 Å². The van der Waals surface area contributed by atoms with Crippen molar-refractivity contribution in [1.82, 2.24) is 10.2 Å². The van der Waals surface area contributed by atoms with Gasteiger partial charge >= 0.3 is 0 Å². The van der Waals surface area contributed by atoms with Gasteiger partial charge in [0.05, 0.1) is 0 Å². The molecule has 15 heavy (non-hydrogen) atoms. The second-order valence-electron chi connectivity index (χ2n) is 5.11. The Morgan fingerprint density at radius 1 is 1.47 bits per heavy atom. The minimum atomic E-state index is -0.259. The molecule has 3 N–H and O–H groups in total. The van der Waals surface area contributed by atoms with E-state index in [-0.39, 0.29) is 11.4 Å². The van der Waals surface area contributed by atoms with E-state index in [1.54, 1.807) is 0 Å². The molecule has 0 aromatic rings. The first-order chi connectivity index (χ1) is 6.72. The molecule has 0 heterocycles. The summed E-state index contributed by atoms with van der Waals surface area (Å²) in [5.41, 5.74) is 5.54. The number of amides is 1. The van der Waals surface area contributed by atoms with Crippen LogP contribution in [0.1, 0.15) is 33.6 Å². The lowest BCUT2D eigenvalue weighted by atomic mass is 10.00. The average molecular weight is 215 g/mol. The molecule has 1 amide bonds. The van der Waals surface area contributed by atoms with Gasteiger partial charge < -0.3 is 16.0 Å². The summed E-state index contributed by atoms with van der Waals surface area (Å²) >= 11 is 0. The first-order valence-corrected chi connectivity index (χ1v) is 5.44. The Bertz CT molecular complexity index is 196. The van der Waals surface area contributed by atoms with Crippen molar-refractivity contribution in [2.24, 2.45) is 5.73 Å². The van der Waals surface area contributed by atoms with Crippen LogP contribution in [0, 0.1) is 0 Å². The van der Waals surface area contributed by atoms with Crippen molar-refractivity contribution in [2.75, 3.05) is 20.6 Å². The molecule has 0 aromatic heterocycles. The predicted molar refractivity (Wildman–Crippen MR) is 63.7 cm³/mol. The van der Waals surface area contributed by atoms with Crippen LogP contribution in [0.15, 0.2) is 0 Å². The maximum atomic E-state index is 11.4. The maximum Gasteiger partial charge on any atom is 0.220 e. The van der Waals surface area contributed by atoms with Gasteiger partial charge in [-0.1, -0.05) is 0 Å². The predicted octanol–water partition coefficient (Wildman–Crippen LogP) is 0.570. The highest BCUT2D eigenvalue weighted by atomic mass is 16.1. The van der Waals surface area contributed by atoms with Gasteiger partial charge in [-0.2, -0.15) is 0 Å². The third-order valence-corrected chi connectivity index (χ3v) is 2.47. The smallest absolute Gasteiger partial charge is 0.220 e. The Kier molecular flexibility index (Phi) is 5.83. The molecule has 1 unspecified atom stereocenters. The first kappa shape index (κ1) is 14.4. The van der Waals surface area contributed by atoms with Crippen LogP contribution in [-0.4, -0.2) is 43.0 Å². The fourth-order valence-electron chi connectivity index (χ4n) is 0.968. The van der Waals surface area contributed by atoms with Gasteiger partial charge in [-0.25, -0.2) is 0 Å². The minimum absolute atomic E-state index is 0.0854. The minimum Gasteiger partial charge on any atom is -0.355 e. The molecule has 0 radical (unpaired) electrons. The number of likely N-dealkylation sites (N-methyl/N-ethyl adjacent to an activating group) is 1. The molecule has 1 atom stereocenters. The quantitative estimate of drug-likeness (QED) is 0.681. The first-order valence-electron chi connectivity index (χ1n) is 5.44. The van der Waals surface area contributed by atoms with Crippen molar-refractivity contribution >= 4 is 5.91 Å². The van der Waals surface area contributed by atoms with Gasteiger partial charge in [-0.05, 0) is 41.3 Å². The van der Waals surface area contributed by atoms with Crippen molar-refractivity contribution in [1.29, 1.82) is 0 Å². The zero-order chi connectivity index (χ0) is 12.1. The van der Waals surface area contributed by atoms with Crippen molar-refractivity contribution in [3.05, 3.63) is 0 Å². The van der Waals surface area contributed by atoms with Gasteiger partial charge in [-0.3, -0.25) is 4.79 Å². The van der Waals surface area contributed by atoms with E-state index in [1.165, 1.54) is 0 Å². The van der Waals surface area contributed by atoms with Gasteiger partial charge in [0.2, 0.25) is 5.91 Å². The van der Waals surface area contributed by atoms with Crippen molar-refractivity contribution in [3.63, 3.8) is 0 Å². The number of rotatable bonds is 6. The van der Waals surface area contributed by atoms with Crippen LogP contribution >= 0.6 is 0 Å². The number of nitrogens with two attached hydrogens (primary N) is 1. The summed E-state index contributed by atoms with van der Waals surface area (Å²) in [6, 6.07) is 0.361. The van der Waals surface area contributed by atoms with Crippen LogP contribution in [0.2, 0.25) is 0 Å². The molecular formula is C11H25N3O. The van der Waals surface area contributed by atoms with Crippen molar-refractivity contribution < 1.29 is 4.79 Å². The number of hydrogen-bond donors (Lipinski definition) is 2. The van der Waals surface area contributed by atoms with Gasteiger partial charge in [0.25, 0.3) is 0 Å². The third-order valence-electron chi connectivity index (χ3n) is 2.47. The topological polar surface area (TPSA) is 58.4 Å². The van der Waals surface area contributed by atoms with E-state index in [0.29, 0.717) is 19.0 Å². The second-order valence-corrected chi connectivity index (χ2v) is 5.11. The average Bonchev–Trinajstić information content (AvgIpc) is 2.09. The standard InChI is InChI=1S/C11H25N3O/c1-9(14(4)5)8-13-10(15)6-7-11(2,3)12/h9H,6-8,12H2,1-5H3,(H,13,15). The molecule has 0 rings (SSSR count). The highest BCUT2D eigenvalue weighted by Crippen LogP contribution is 2.06. The fraction of sp³-hybridized carbons (Fsp3) is 0.909. The molecular weight excluding hydrogens is 190 g/mol. The van der Waals surface area contributed by atoms with Gasteiger partial charge in [0.1, 0.15) is 0 Å². The number of hydrogen-bond acceptors (Lipinski definition) is 3. The summed E-state index contributed by atoms with van der Waals surface area (Å²) in [4.78, 5) is 13.5. The van der Waals surface area contributed by atoms with Gasteiger partial charge in [0, 0.05) is 24.5 Å². The van der Waals surface area contributed by atoms with E-state index < -0.39 is 0 Å². The number of nitrogens with zero attached hydrogens (tertiary/aromatic N) is 1. The summed E-state index contributed by atoms with van der Waals surface area (Å²) in [5, 5.41) is 2.90. The number of carbonyl (C=O) groups excluding carboxylic acids is 1. The Morgan fingerprint density at radius 3 is 2.40 bits per heavy atom. The number of nitrogens with one attached hydrogen (secondary N) is 1.